The first-order valence-corrected chi connectivity index (χ1v) is 6.30. The lowest BCUT2D eigenvalue weighted by molar-refractivity contribution is -0.136. The minimum atomic E-state index is -0.434. The van der Waals surface area contributed by atoms with Crippen LogP contribution in [0.25, 0.3) is 0 Å². The van der Waals surface area contributed by atoms with E-state index in [2.05, 4.69) is 0 Å². The van der Waals surface area contributed by atoms with Crippen molar-refractivity contribution in [3.63, 3.8) is 0 Å². The van der Waals surface area contributed by atoms with Gasteiger partial charge in [0, 0.05) is 13.1 Å². The van der Waals surface area contributed by atoms with Gasteiger partial charge >= 0.3 is 0 Å². The van der Waals surface area contributed by atoms with Gasteiger partial charge in [0.1, 0.15) is 11.5 Å². The van der Waals surface area contributed by atoms with Crippen molar-refractivity contribution in [2.45, 2.75) is 25.9 Å². The van der Waals surface area contributed by atoms with E-state index in [9.17, 15) is 4.79 Å². The number of carbonyl (C=O) groups is 1. The maximum atomic E-state index is 12.0. The number of benzene rings is 1. The second kappa shape index (κ2) is 5.76. The topological polar surface area (TPSA) is 38.8 Å². The fourth-order valence-corrected chi connectivity index (χ4v) is 2.10. The summed E-state index contributed by atoms with van der Waals surface area (Å²) in [5.74, 6) is 1.54. The highest BCUT2D eigenvalue weighted by molar-refractivity contribution is 5.81. The molecule has 1 aromatic rings. The molecule has 0 aliphatic carbocycles. The second-order valence-electron chi connectivity index (χ2n) is 4.47. The highest BCUT2D eigenvalue weighted by atomic mass is 16.5. The van der Waals surface area contributed by atoms with E-state index >= 15 is 0 Å². The Kier molecular flexibility index (Phi) is 4.07. The molecule has 0 unspecified atom stereocenters. The number of carbonyl (C=O) groups excluding carboxylic acids is 1. The van der Waals surface area contributed by atoms with Gasteiger partial charge in [0.2, 0.25) is 0 Å². The third-order valence-electron chi connectivity index (χ3n) is 3.14. The maximum Gasteiger partial charge on any atom is 0.263 e. The average molecular weight is 249 g/mol. The molecule has 0 radical (unpaired) electrons. The minimum Gasteiger partial charge on any atom is -0.497 e. The van der Waals surface area contributed by atoms with Gasteiger partial charge < -0.3 is 14.4 Å². The zero-order valence-electron chi connectivity index (χ0n) is 10.9. The molecular weight excluding hydrogens is 230 g/mol. The Bertz CT molecular complexity index is 396. The van der Waals surface area contributed by atoms with Gasteiger partial charge in [0.05, 0.1) is 7.11 Å². The van der Waals surface area contributed by atoms with Crippen molar-refractivity contribution in [1.29, 1.82) is 0 Å². The summed E-state index contributed by atoms with van der Waals surface area (Å²) < 4.78 is 10.7. The molecule has 1 fully saturated rings. The van der Waals surface area contributed by atoms with Crippen LogP contribution >= 0.6 is 0 Å². The van der Waals surface area contributed by atoms with E-state index in [0.29, 0.717) is 5.75 Å². The van der Waals surface area contributed by atoms with Crippen LogP contribution in [0.4, 0.5) is 0 Å². The van der Waals surface area contributed by atoms with E-state index in [1.165, 1.54) is 0 Å². The van der Waals surface area contributed by atoms with Crippen molar-refractivity contribution in [3.05, 3.63) is 24.3 Å². The van der Waals surface area contributed by atoms with Crippen LogP contribution in [0.3, 0.4) is 0 Å². The third-order valence-corrected chi connectivity index (χ3v) is 3.14. The number of nitrogens with zero attached hydrogens (tertiary/aromatic N) is 1. The number of hydrogen-bond donors (Lipinski definition) is 0. The second-order valence-corrected chi connectivity index (χ2v) is 4.47. The van der Waals surface area contributed by atoms with Gasteiger partial charge in [0.15, 0.2) is 6.10 Å². The van der Waals surface area contributed by atoms with Crippen molar-refractivity contribution in [3.8, 4) is 11.5 Å². The molecule has 1 atom stereocenters. The summed E-state index contributed by atoms with van der Waals surface area (Å²) in [4.78, 5) is 13.9. The van der Waals surface area contributed by atoms with Crippen molar-refractivity contribution in [2.75, 3.05) is 20.2 Å². The Labute approximate surface area is 107 Å². The molecule has 1 heterocycles. The molecule has 98 valence electrons. The van der Waals surface area contributed by atoms with Crippen LogP contribution in [0.2, 0.25) is 0 Å². The molecule has 0 N–H and O–H groups in total. The van der Waals surface area contributed by atoms with Crippen LogP contribution < -0.4 is 9.47 Å². The van der Waals surface area contributed by atoms with Gasteiger partial charge in [-0.3, -0.25) is 4.79 Å². The van der Waals surface area contributed by atoms with Crippen molar-refractivity contribution in [1.82, 2.24) is 4.90 Å². The van der Waals surface area contributed by atoms with Gasteiger partial charge in [-0.1, -0.05) is 0 Å². The highest BCUT2D eigenvalue weighted by Gasteiger charge is 2.24. The van der Waals surface area contributed by atoms with E-state index in [-0.39, 0.29) is 5.91 Å². The van der Waals surface area contributed by atoms with Gasteiger partial charge in [-0.2, -0.15) is 0 Å². The highest BCUT2D eigenvalue weighted by Crippen LogP contribution is 2.19. The number of amides is 1. The molecule has 1 amide bonds. The summed E-state index contributed by atoms with van der Waals surface area (Å²) in [6.45, 7) is 3.51. The molecule has 0 bridgehead atoms. The molecule has 1 aliphatic heterocycles. The fraction of sp³-hybridized carbons (Fsp3) is 0.500. The predicted molar refractivity (Wildman–Crippen MR) is 68.9 cm³/mol. The molecule has 4 heteroatoms. The normalized spacial score (nSPS) is 16.4. The summed E-state index contributed by atoms with van der Waals surface area (Å²) >= 11 is 0. The van der Waals surface area contributed by atoms with Crippen LogP contribution in [-0.2, 0) is 4.79 Å². The van der Waals surface area contributed by atoms with Gasteiger partial charge in [-0.05, 0) is 44.0 Å². The molecule has 1 saturated heterocycles. The predicted octanol–water partition coefficient (Wildman–Crippen LogP) is 2.08. The van der Waals surface area contributed by atoms with Crippen LogP contribution in [0.15, 0.2) is 24.3 Å². The van der Waals surface area contributed by atoms with Crippen LogP contribution in [0, 0.1) is 0 Å². The minimum absolute atomic E-state index is 0.0725. The van der Waals surface area contributed by atoms with Crippen LogP contribution in [0.1, 0.15) is 19.8 Å². The molecule has 18 heavy (non-hydrogen) atoms. The quantitative estimate of drug-likeness (QED) is 0.820. The molecule has 0 spiro atoms. The lowest BCUT2D eigenvalue weighted by Gasteiger charge is -2.21. The number of methoxy groups -OCH3 is 1. The standard InChI is InChI=1S/C14H19NO3/c1-11(14(16)15-9-3-4-10-15)18-13-7-5-12(17-2)6-8-13/h5-8,11H,3-4,9-10H2,1-2H3/t11-/m1/s1. The van der Waals surface area contributed by atoms with Crippen molar-refractivity contribution >= 4 is 5.91 Å². The lowest BCUT2D eigenvalue weighted by Crippen LogP contribution is -2.38. The first-order valence-electron chi connectivity index (χ1n) is 6.30. The Hall–Kier alpha value is -1.71. The Morgan fingerprint density at radius 3 is 2.28 bits per heavy atom. The number of rotatable bonds is 4. The zero-order chi connectivity index (χ0) is 13.0. The lowest BCUT2D eigenvalue weighted by atomic mass is 10.3. The number of ether oxygens (including phenoxy) is 2. The van der Waals surface area contributed by atoms with Gasteiger partial charge in [0.25, 0.3) is 5.91 Å². The van der Waals surface area contributed by atoms with Crippen LogP contribution in [-0.4, -0.2) is 37.1 Å². The number of likely N-dealkylation sites (tertiary alicyclic amines) is 1. The largest absolute Gasteiger partial charge is 0.497 e. The number of hydrogen-bond acceptors (Lipinski definition) is 3. The first-order chi connectivity index (χ1) is 8.70. The molecule has 4 nitrogen and oxygen atoms in total. The molecule has 2 rings (SSSR count). The van der Waals surface area contributed by atoms with Gasteiger partial charge in [-0.25, -0.2) is 0 Å². The molecule has 0 saturated carbocycles. The average Bonchev–Trinajstić information content (AvgIpc) is 2.92. The Balaban J connectivity index is 1.92. The monoisotopic (exact) mass is 249 g/mol. The summed E-state index contributed by atoms with van der Waals surface area (Å²) in [7, 11) is 1.62. The third kappa shape index (κ3) is 2.94. The maximum absolute atomic E-state index is 12.0. The summed E-state index contributed by atoms with van der Waals surface area (Å²) in [6, 6.07) is 7.27. The SMILES string of the molecule is COc1ccc(O[C@H](C)C(=O)N2CCCC2)cc1. The summed E-state index contributed by atoms with van der Waals surface area (Å²) in [6.07, 6.45) is 1.76. The Morgan fingerprint density at radius 1 is 1.17 bits per heavy atom. The Morgan fingerprint density at radius 2 is 1.72 bits per heavy atom. The molecule has 1 aliphatic rings. The van der Waals surface area contributed by atoms with Crippen LogP contribution in [0.5, 0.6) is 11.5 Å². The molecule has 0 aromatic heterocycles. The first kappa shape index (κ1) is 12.7. The van der Waals surface area contributed by atoms with E-state index in [1.807, 2.05) is 29.2 Å². The molecule has 1 aromatic carbocycles. The van der Waals surface area contributed by atoms with E-state index in [0.717, 1.165) is 31.7 Å². The smallest absolute Gasteiger partial charge is 0.263 e. The van der Waals surface area contributed by atoms with E-state index in [4.69, 9.17) is 9.47 Å². The summed E-state index contributed by atoms with van der Waals surface area (Å²) in [5, 5.41) is 0. The van der Waals surface area contributed by atoms with Gasteiger partial charge in [-0.15, -0.1) is 0 Å². The fourth-order valence-electron chi connectivity index (χ4n) is 2.10. The van der Waals surface area contributed by atoms with Crippen molar-refractivity contribution in [2.24, 2.45) is 0 Å². The van der Waals surface area contributed by atoms with Crippen molar-refractivity contribution < 1.29 is 14.3 Å². The van der Waals surface area contributed by atoms with E-state index in [1.54, 1.807) is 14.0 Å². The van der Waals surface area contributed by atoms with E-state index < -0.39 is 6.10 Å². The summed E-state index contributed by atoms with van der Waals surface area (Å²) in [5.41, 5.74) is 0. The molecular formula is C14H19NO3. The zero-order valence-corrected chi connectivity index (χ0v) is 10.9.